The van der Waals surface area contributed by atoms with E-state index < -0.39 is 0 Å². The van der Waals surface area contributed by atoms with Gasteiger partial charge in [-0.3, -0.25) is 0 Å². The van der Waals surface area contributed by atoms with Crippen LogP contribution in [-0.2, 0) is 4.74 Å². The van der Waals surface area contributed by atoms with Crippen LogP contribution in [0.15, 0.2) is 30.4 Å². The lowest BCUT2D eigenvalue weighted by atomic mass is 9.76. The molecule has 0 spiro atoms. The first-order valence-corrected chi connectivity index (χ1v) is 5.47. The van der Waals surface area contributed by atoms with Gasteiger partial charge in [-0.2, -0.15) is 0 Å². The number of rotatable bonds is 2. The number of methoxy groups -OCH3 is 1. The summed E-state index contributed by atoms with van der Waals surface area (Å²) in [6, 6.07) is 5.97. The van der Waals surface area contributed by atoms with Gasteiger partial charge >= 0.3 is 5.97 Å². The first-order valence-electron chi connectivity index (χ1n) is 5.47. The van der Waals surface area contributed by atoms with E-state index in [-0.39, 0.29) is 5.97 Å². The van der Waals surface area contributed by atoms with Crippen LogP contribution in [0.1, 0.15) is 40.2 Å². The largest absolute Gasteiger partial charge is 0.465 e. The van der Waals surface area contributed by atoms with Crippen LogP contribution in [0.25, 0.3) is 0 Å². The van der Waals surface area contributed by atoms with Gasteiger partial charge in [0.1, 0.15) is 0 Å². The van der Waals surface area contributed by atoms with Crippen molar-refractivity contribution in [1.29, 1.82) is 0 Å². The normalized spacial score (nSPS) is 15.8. The molecule has 1 aromatic rings. The smallest absolute Gasteiger partial charge is 0.338 e. The first-order chi connectivity index (χ1) is 7.61. The van der Waals surface area contributed by atoms with Crippen molar-refractivity contribution in [3.63, 3.8) is 0 Å². The number of carbonyl (C=O) groups excluding carboxylic acids is 1. The highest BCUT2D eigenvalue weighted by molar-refractivity contribution is 5.91. The summed E-state index contributed by atoms with van der Waals surface area (Å²) < 4.78 is 4.72. The van der Waals surface area contributed by atoms with Gasteiger partial charge in [-0.25, -0.2) is 4.79 Å². The molecule has 2 heteroatoms. The minimum Gasteiger partial charge on any atom is -0.465 e. The second-order valence-electron chi connectivity index (χ2n) is 4.42. The van der Waals surface area contributed by atoms with Crippen LogP contribution in [0.2, 0.25) is 0 Å². The van der Waals surface area contributed by atoms with Crippen molar-refractivity contribution < 1.29 is 9.53 Å². The minimum absolute atomic E-state index is 0.262. The summed E-state index contributed by atoms with van der Waals surface area (Å²) in [5, 5.41) is 0. The Labute approximate surface area is 95.9 Å². The molecule has 1 saturated carbocycles. The van der Waals surface area contributed by atoms with Gasteiger partial charge in [0.15, 0.2) is 0 Å². The molecule has 1 aromatic carbocycles. The fourth-order valence-electron chi connectivity index (χ4n) is 2.15. The highest BCUT2D eigenvalue weighted by Gasteiger charge is 2.23. The standard InChI is InChI=1S/C14H16O2/c1-9-6-12(7-9)11-4-5-13(10(2)8-11)14(15)16-3/h4-5,8,12H,1,6-7H2,2-3H3. The van der Waals surface area contributed by atoms with Crippen molar-refractivity contribution in [2.24, 2.45) is 0 Å². The number of aryl methyl sites for hydroxylation is 1. The number of ether oxygens (including phenoxy) is 1. The predicted molar refractivity (Wildman–Crippen MR) is 63.6 cm³/mol. The van der Waals surface area contributed by atoms with Crippen LogP contribution < -0.4 is 0 Å². The maximum absolute atomic E-state index is 11.4. The van der Waals surface area contributed by atoms with Crippen LogP contribution in [-0.4, -0.2) is 13.1 Å². The summed E-state index contributed by atoms with van der Waals surface area (Å²) >= 11 is 0. The first kappa shape index (κ1) is 10.9. The third kappa shape index (κ3) is 1.87. The maximum atomic E-state index is 11.4. The zero-order valence-electron chi connectivity index (χ0n) is 9.75. The van der Waals surface area contributed by atoms with Crippen LogP contribution in [0, 0.1) is 6.92 Å². The number of benzene rings is 1. The molecule has 0 radical (unpaired) electrons. The molecule has 84 valence electrons. The molecule has 0 aromatic heterocycles. The summed E-state index contributed by atoms with van der Waals surface area (Å²) in [7, 11) is 1.41. The number of hydrogen-bond acceptors (Lipinski definition) is 2. The van der Waals surface area contributed by atoms with Gasteiger partial charge in [0, 0.05) is 0 Å². The third-order valence-electron chi connectivity index (χ3n) is 3.20. The Morgan fingerprint density at radius 1 is 1.44 bits per heavy atom. The monoisotopic (exact) mass is 216 g/mol. The van der Waals surface area contributed by atoms with E-state index in [9.17, 15) is 4.79 Å². The second-order valence-corrected chi connectivity index (χ2v) is 4.42. The number of esters is 1. The molecule has 2 nitrogen and oxygen atoms in total. The fourth-order valence-corrected chi connectivity index (χ4v) is 2.15. The Morgan fingerprint density at radius 3 is 2.62 bits per heavy atom. The van der Waals surface area contributed by atoms with Gasteiger partial charge in [-0.15, -0.1) is 0 Å². The highest BCUT2D eigenvalue weighted by Crippen LogP contribution is 2.40. The summed E-state index contributed by atoms with van der Waals surface area (Å²) in [5.74, 6) is 0.333. The zero-order valence-corrected chi connectivity index (χ0v) is 9.75. The van der Waals surface area contributed by atoms with Crippen LogP contribution >= 0.6 is 0 Å². The van der Waals surface area contributed by atoms with Crippen molar-refractivity contribution in [2.45, 2.75) is 25.7 Å². The number of allylic oxidation sites excluding steroid dienone is 1. The topological polar surface area (TPSA) is 26.3 Å². The van der Waals surface area contributed by atoms with E-state index in [2.05, 4.69) is 12.6 Å². The van der Waals surface area contributed by atoms with Crippen molar-refractivity contribution >= 4 is 5.97 Å². The maximum Gasteiger partial charge on any atom is 0.338 e. The average Bonchev–Trinajstić information content (AvgIpc) is 2.23. The Hall–Kier alpha value is -1.57. The van der Waals surface area contributed by atoms with Gasteiger partial charge < -0.3 is 4.74 Å². The van der Waals surface area contributed by atoms with Gasteiger partial charge in [0.25, 0.3) is 0 Å². The quantitative estimate of drug-likeness (QED) is 0.560. The molecular formula is C14H16O2. The van der Waals surface area contributed by atoms with Crippen molar-refractivity contribution in [3.05, 3.63) is 47.0 Å². The summed E-state index contributed by atoms with van der Waals surface area (Å²) in [6.45, 7) is 5.89. The number of carbonyl (C=O) groups is 1. The second kappa shape index (κ2) is 4.12. The average molecular weight is 216 g/mol. The van der Waals surface area contributed by atoms with Crippen LogP contribution in [0.3, 0.4) is 0 Å². The van der Waals surface area contributed by atoms with Crippen LogP contribution in [0.5, 0.6) is 0 Å². The molecule has 0 aliphatic heterocycles. The van der Waals surface area contributed by atoms with Gasteiger partial charge in [0.2, 0.25) is 0 Å². The Morgan fingerprint density at radius 2 is 2.12 bits per heavy atom. The molecule has 0 bridgehead atoms. The molecular weight excluding hydrogens is 200 g/mol. The van der Waals surface area contributed by atoms with E-state index in [1.54, 1.807) is 0 Å². The molecule has 1 aliphatic rings. The molecule has 0 saturated heterocycles. The number of hydrogen-bond donors (Lipinski definition) is 0. The van der Waals surface area contributed by atoms with Crippen LogP contribution in [0.4, 0.5) is 0 Å². The molecule has 0 heterocycles. The van der Waals surface area contributed by atoms with Crippen molar-refractivity contribution in [3.8, 4) is 0 Å². The minimum atomic E-state index is -0.262. The Kier molecular flexibility index (Phi) is 2.82. The molecule has 0 atom stereocenters. The molecule has 1 aliphatic carbocycles. The van der Waals surface area contributed by atoms with Gasteiger partial charge in [-0.1, -0.05) is 24.3 Å². The third-order valence-corrected chi connectivity index (χ3v) is 3.20. The predicted octanol–water partition coefficient (Wildman–Crippen LogP) is 3.22. The van der Waals surface area contributed by atoms with Gasteiger partial charge in [-0.05, 0) is 42.9 Å². The molecule has 0 unspecified atom stereocenters. The SMILES string of the molecule is C=C1CC(c2ccc(C(=O)OC)c(C)c2)C1. The Balaban J connectivity index is 2.22. The zero-order chi connectivity index (χ0) is 11.7. The molecule has 16 heavy (non-hydrogen) atoms. The Bertz CT molecular complexity index is 438. The fraction of sp³-hybridized carbons (Fsp3) is 0.357. The molecule has 1 fully saturated rings. The van der Waals surface area contributed by atoms with E-state index in [1.807, 2.05) is 19.1 Å². The lowest BCUT2D eigenvalue weighted by Gasteiger charge is -2.29. The lowest BCUT2D eigenvalue weighted by Crippen LogP contribution is -2.12. The van der Waals surface area contributed by atoms with E-state index in [0.29, 0.717) is 11.5 Å². The lowest BCUT2D eigenvalue weighted by molar-refractivity contribution is 0.0600. The highest BCUT2D eigenvalue weighted by atomic mass is 16.5. The van der Waals surface area contributed by atoms with E-state index in [0.717, 1.165) is 18.4 Å². The summed E-state index contributed by atoms with van der Waals surface area (Å²) in [4.78, 5) is 11.4. The van der Waals surface area contributed by atoms with E-state index >= 15 is 0 Å². The molecule has 2 rings (SSSR count). The van der Waals surface area contributed by atoms with Crippen molar-refractivity contribution in [1.82, 2.24) is 0 Å². The van der Waals surface area contributed by atoms with Crippen molar-refractivity contribution in [2.75, 3.05) is 7.11 Å². The van der Waals surface area contributed by atoms with E-state index in [1.165, 1.54) is 18.2 Å². The van der Waals surface area contributed by atoms with Gasteiger partial charge in [0.05, 0.1) is 12.7 Å². The van der Waals surface area contributed by atoms with E-state index in [4.69, 9.17) is 4.74 Å². The summed E-state index contributed by atoms with van der Waals surface area (Å²) in [6.07, 6.45) is 2.16. The summed E-state index contributed by atoms with van der Waals surface area (Å²) in [5.41, 5.74) is 4.27. The molecule has 0 N–H and O–H groups in total. The molecule has 0 amide bonds.